The number of anilines is 1. The van der Waals surface area contributed by atoms with Crippen LogP contribution in [0.25, 0.3) is 16.2 Å². The first-order valence-electron chi connectivity index (χ1n) is 11.3. The third kappa shape index (κ3) is 5.37. The summed E-state index contributed by atoms with van der Waals surface area (Å²) in [7, 11) is 1.84. The topological polar surface area (TPSA) is 100 Å². The highest BCUT2D eigenvalue weighted by Crippen LogP contribution is 2.35. The lowest BCUT2D eigenvalue weighted by atomic mass is 10.0. The summed E-state index contributed by atoms with van der Waals surface area (Å²) in [4.78, 5) is 17.9. The van der Waals surface area contributed by atoms with Crippen LogP contribution in [0.1, 0.15) is 29.8 Å². The van der Waals surface area contributed by atoms with Crippen molar-refractivity contribution in [2.75, 3.05) is 25.5 Å². The Hall–Kier alpha value is -2.87. The zero-order valence-corrected chi connectivity index (χ0v) is 19.7. The summed E-state index contributed by atoms with van der Waals surface area (Å²) in [5.74, 6) is 0.274. The van der Waals surface area contributed by atoms with Gasteiger partial charge >= 0.3 is 6.18 Å². The van der Waals surface area contributed by atoms with E-state index in [0.29, 0.717) is 23.8 Å². The smallest absolute Gasteiger partial charge is 0.363 e. The van der Waals surface area contributed by atoms with E-state index in [-0.39, 0.29) is 46.7 Å². The van der Waals surface area contributed by atoms with Gasteiger partial charge in [-0.15, -0.1) is 10.2 Å². The number of carbonyl (C=O) groups is 1. The third-order valence-electron chi connectivity index (χ3n) is 6.13. The normalized spacial score (nSPS) is 21.4. The van der Waals surface area contributed by atoms with E-state index in [0.717, 1.165) is 24.2 Å². The number of piperidine rings is 1. The second-order valence-corrected chi connectivity index (χ2v) is 10.1. The predicted octanol–water partition coefficient (Wildman–Crippen LogP) is 2.83. The molecule has 1 aliphatic carbocycles. The lowest BCUT2D eigenvalue weighted by Crippen LogP contribution is -2.46. The van der Waals surface area contributed by atoms with Crippen molar-refractivity contribution in [1.82, 2.24) is 35.0 Å². The van der Waals surface area contributed by atoms with Gasteiger partial charge in [0.05, 0.1) is 36.9 Å². The Morgan fingerprint density at radius 2 is 2.03 bits per heavy atom. The molecule has 0 unspecified atom stereocenters. The summed E-state index contributed by atoms with van der Waals surface area (Å²) in [6.45, 7) is 1.10. The minimum atomic E-state index is -4.49. The number of rotatable bonds is 7. The maximum absolute atomic E-state index is 14.6. The van der Waals surface area contributed by atoms with Crippen LogP contribution in [0, 0.1) is 5.92 Å². The third-order valence-corrected chi connectivity index (χ3v) is 7.06. The highest BCUT2D eigenvalue weighted by molar-refractivity contribution is 7.14. The van der Waals surface area contributed by atoms with Crippen molar-refractivity contribution in [3.8, 4) is 10.7 Å². The number of amides is 1. The number of hydrogen-bond acceptors (Lipinski definition) is 8. The fraction of sp³-hybridized carbons (Fsp3) is 0.571. The molecule has 0 radical (unpaired) electrons. The van der Waals surface area contributed by atoms with Crippen LogP contribution in [0.2, 0.25) is 0 Å². The highest BCUT2D eigenvalue weighted by atomic mass is 32.1. The van der Waals surface area contributed by atoms with Gasteiger partial charge < -0.3 is 15.5 Å². The van der Waals surface area contributed by atoms with Gasteiger partial charge in [0.1, 0.15) is 22.7 Å². The molecule has 3 aromatic rings. The molecule has 188 valence electrons. The molecule has 2 atom stereocenters. The molecular weight excluding hydrogens is 488 g/mol. The first kappa shape index (κ1) is 23.9. The van der Waals surface area contributed by atoms with Gasteiger partial charge in [-0.25, -0.2) is 8.91 Å². The van der Waals surface area contributed by atoms with E-state index in [1.807, 2.05) is 11.9 Å². The van der Waals surface area contributed by atoms with Crippen molar-refractivity contribution in [2.24, 2.45) is 5.92 Å². The molecule has 9 nitrogen and oxygen atoms in total. The summed E-state index contributed by atoms with van der Waals surface area (Å²) in [6.07, 6.45) is -1.89. The van der Waals surface area contributed by atoms with Crippen LogP contribution in [0.4, 0.5) is 23.4 Å². The van der Waals surface area contributed by atoms with Crippen molar-refractivity contribution in [1.29, 1.82) is 0 Å². The molecule has 2 fully saturated rings. The lowest BCUT2D eigenvalue weighted by Gasteiger charge is -2.33. The summed E-state index contributed by atoms with van der Waals surface area (Å²) in [5.41, 5.74) is 0.110. The van der Waals surface area contributed by atoms with E-state index in [1.54, 1.807) is 0 Å². The second kappa shape index (κ2) is 9.30. The van der Waals surface area contributed by atoms with Crippen molar-refractivity contribution >= 4 is 28.6 Å². The van der Waals surface area contributed by atoms with Gasteiger partial charge in [0.25, 0.3) is 0 Å². The first-order valence-corrected chi connectivity index (χ1v) is 12.1. The Balaban J connectivity index is 1.46. The molecule has 1 saturated heterocycles. The molecule has 14 heteroatoms. The number of halogens is 4. The van der Waals surface area contributed by atoms with Crippen molar-refractivity contribution < 1.29 is 22.4 Å². The van der Waals surface area contributed by atoms with E-state index in [1.165, 1.54) is 16.9 Å². The van der Waals surface area contributed by atoms with Crippen molar-refractivity contribution in [2.45, 2.75) is 50.6 Å². The Kier molecular flexibility index (Phi) is 6.34. The molecule has 1 amide bonds. The van der Waals surface area contributed by atoms with Gasteiger partial charge in [-0.3, -0.25) is 9.78 Å². The van der Waals surface area contributed by atoms with Crippen LogP contribution in [-0.4, -0.2) is 74.1 Å². The van der Waals surface area contributed by atoms with Gasteiger partial charge in [0.2, 0.25) is 5.91 Å². The second-order valence-electron chi connectivity index (χ2n) is 9.02. The van der Waals surface area contributed by atoms with Crippen LogP contribution in [-0.2, 0) is 17.8 Å². The van der Waals surface area contributed by atoms with Crippen LogP contribution >= 0.6 is 11.3 Å². The fourth-order valence-electron chi connectivity index (χ4n) is 4.14. The number of aromatic nitrogens is 5. The quantitative estimate of drug-likeness (QED) is 0.470. The number of nitrogens with one attached hydrogen (secondary N) is 2. The molecule has 5 rings (SSSR count). The van der Waals surface area contributed by atoms with Crippen LogP contribution < -0.4 is 10.6 Å². The van der Waals surface area contributed by atoms with E-state index in [2.05, 4.69) is 30.9 Å². The molecule has 3 aromatic heterocycles. The monoisotopic (exact) mass is 512 g/mol. The van der Waals surface area contributed by atoms with E-state index >= 15 is 0 Å². The summed E-state index contributed by atoms with van der Waals surface area (Å²) < 4.78 is 56.4. The molecule has 1 aliphatic heterocycles. The molecular formula is C21H24F4N8OS. The first-order chi connectivity index (χ1) is 16.7. The van der Waals surface area contributed by atoms with Gasteiger partial charge in [0.15, 0.2) is 5.01 Å². The number of nitrogens with zero attached hydrogens (tertiary/aromatic N) is 6. The van der Waals surface area contributed by atoms with Crippen molar-refractivity contribution in [3.63, 3.8) is 0 Å². The van der Waals surface area contributed by atoms with Gasteiger partial charge in [-0.1, -0.05) is 11.3 Å². The zero-order chi connectivity index (χ0) is 24.7. The summed E-state index contributed by atoms with van der Waals surface area (Å²) in [5, 5.41) is 19.0. The Morgan fingerprint density at radius 1 is 1.23 bits per heavy atom. The van der Waals surface area contributed by atoms with Gasteiger partial charge in [0, 0.05) is 24.6 Å². The predicted molar refractivity (Wildman–Crippen MR) is 121 cm³/mol. The number of fused-ring (bicyclic) bond motifs is 1. The number of alkyl halides is 4. The fourth-order valence-corrected chi connectivity index (χ4v) is 4.93. The molecule has 2 aliphatic rings. The maximum Gasteiger partial charge on any atom is 0.393 e. The van der Waals surface area contributed by atoms with E-state index < -0.39 is 24.8 Å². The average Bonchev–Trinajstić information content (AvgIpc) is 3.44. The van der Waals surface area contributed by atoms with Crippen LogP contribution in [0.5, 0.6) is 0 Å². The van der Waals surface area contributed by atoms with Crippen LogP contribution in [0.3, 0.4) is 0 Å². The average molecular weight is 513 g/mol. The SMILES string of the molecule is CN1CC[C@@H](Nc2cncc3c(CC(F)(F)F)c(-c4nnc(CNC(=O)C5CC5)s4)nn23)[C@@H](F)C1. The standard InChI is InChI=1S/C21H24F4N8OS/c1-32-5-4-14(13(22)10-32)28-16-8-26-7-15-12(6-21(23,24)25)18(31-33(15)16)20-30-29-17(35-20)9-27-19(34)11-2-3-11/h7-8,11,13-14,28H,2-6,9-10H2,1H3,(H,27,34)/t13-,14+/m0/s1. The number of carbonyl (C=O) groups excluding carboxylic acids is 1. The van der Waals surface area contributed by atoms with E-state index in [4.69, 9.17) is 0 Å². The van der Waals surface area contributed by atoms with E-state index in [9.17, 15) is 22.4 Å². The Morgan fingerprint density at radius 3 is 2.74 bits per heavy atom. The van der Waals surface area contributed by atoms with Crippen LogP contribution in [0.15, 0.2) is 12.4 Å². The Labute approximate surface area is 201 Å². The summed E-state index contributed by atoms with van der Waals surface area (Å²) >= 11 is 1.07. The largest absolute Gasteiger partial charge is 0.393 e. The molecule has 0 aromatic carbocycles. The van der Waals surface area contributed by atoms with Crippen molar-refractivity contribution in [3.05, 3.63) is 23.0 Å². The molecule has 4 heterocycles. The number of likely N-dealkylation sites (tertiary alicyclic amines) is 1. The lowest BCUT2D eigenvalue weighted by molar-refractivity contribution is -0.127. The minimum Gasteiger partial charge on any atom is -0.363 e. The minimum absolute atomic E-state index is 0.0334. The zero-order valence-electron chi connectivity index (χ0n) is 18.8. The maximum atomic E-state index is 14.6. The molecule has 1 saturated carbocycles. The highest BCUT2D eigenvalue weighted by Gasteiger charge is 2.34. The summed E-state index contributed by atoms with van der Waals surface area (Å²) in [6, 6.07) is -0.513. The van der Waals surface area contributed by atoms with Gasteiger partial charge in [-0.2, -0.15) is 18.3 Å². The Bertz CT molecular complexity index is 1220. The number of hydrogen-bond donors (Lipinski definition) is 2. The molecule has 35 heavy (non-hydrogen) atoms. The molecule has 0 spiro atoms. The molecule has 2 N–H and O–H groups in total. The van der Waals surface area contributed by atoms with Gasteiger partial charge in [-0.05, 0) is 26.3 Å². The molecule has 0 bridgehead atoms.